The summed E-state index contributed by atoms with van der Waals surface area (Å²) in [4.78, 5) is 11.7. The lowest BCUT2D eigenvalue weighted by atomic mass is 10.1. The number of carbonyl (C=O) groups excluding carboxylic acids is 1. The molecule has 1 aliphatic heterocycles. The van der Waals surface area contributed by atoms with E-state index in [4.69, 9.17) is 24.1 Å². The molecular formula is C21H25NO7S. The Labute approximate surface area is 176 Å². The fourth-order valence-electron chi connectivity index (χ4n) is 2.83. The van der Waals surface area contributed by atoms with E-state index in [1.807, 2.05) is 42.5 Å². The molecule has 0 saturated carbocycles. The highest BCUT2D eigenvalue weighted by atomic mass is 32.2. The summed E-state index contributed by atoms with van der Waals surface area (Å²) in [5.74, 6) is 0.441. The molecule has 2 aromatic carbocycles. The lowest BCUT2D eigenvalue weighted by Crippen LogP contribution is -2.45. The maximum atomic E-state index is 12.2. The number of primary amides is 1. The smallest absolute Gasteiger partial charge is 0.270 e. The van der Waals surface area contributed by atoms with Crippen LogP contribution in [0.4, 0.5) is 0 Å². The number of rotatable bonds is 9. The van der Waals surface area contributed by atoms with Gasteiger partial charge in [0.1, 0.15) is 18.1 Å². The van der Waals surface area contributed by atoms with Crippen LogP contribution in [0.1, 0.15) is 19.4 Å². The van der Waals surface area contributed by atoms with Crippen LogP contribution in [0.15, 0.2) is 54.6 Å². The van der Waals surface area contributed by atoms with Gasteiger partial charge in [-0.3, -0.25) is 8.98 Å². The fourth-order valence-corrected chi connectivity index (χ4v) is 3.59. The molecule has 3 unspecified atom stereocenters. The normalized spacial score (nSPS) is 21.5. The Bertz CT molecular complexity index is 945. The molecule has 0 aromatic heterocycles. The van der Waals surface area contributed by atoms with Gasteiger partial charge in [0.2, 0.25) is 5.91 Å². The van der Waals surface area contributed by atoms with Crippen LogP contribution in [-0.4, -0.2) is 44.5 Å². The topological polar surface area (TPSA) is 114 Å². The Morgan fingerprint density at radius 1 is 1.10 bits per heavy atom. The third-order valence-corrected chi connectivity index (χ3v) is 6.21. The highest BCUT2D eigenvalue weighted by Gasteiger charge is 2.46. The summed E-state index contributed by atoms with van der Waals surface area (Å²) in [5, 5.41) is -0.781. The van der Waals surface area contributed by atoms with E-state index in [-0.39, 0.29) is 6.61 Å². The second-order valence-electron chi connectivity index (χ2n) is 7.16. The molecule has 0 spiro atoms. The Morgan fingerprint density at radius 2 is 1.77 bits per heavy atom. The van der Waals surface area contributed by atoms with Gasteiger partial charge in [0.15, 0.2) is 18.3 Å². The lowest BCUT2D eigenvalue weighted by molar-refractivity contribution is -0.129. The summed E-state index contributed by atoms with van der Waals surface area (Å²) in [6.07, 6.45) is -3.17. The quantitative estimate of drug-likeness (QED) is 0.599. The Hall–Kier alpha value is -2.62. The first-order valence-corrected chi connectivity index (χ1v) is 11.0. The first-order valence-electron chi connectivity index (χ1n) is 9.53. The molecule has 8 nitrogen and oxygen atoms in total. The summed E-state index contributed by atoms with van der Waals surface area (Å²) >= 11 is 0. The van der Waals surface area contributed by atoms with E-state index in [1.165, 1.54) is 13.8 Å². The van der Waals surface area contributed by atoms with Gasteiger partial charge in [-0.15, -0.1) is 0 Å². The third kappa shape index (κ3) is 5.50. The predicted octanol–water partition coefficient (Wildman–Crippen LogP) is 2.02. The minimum absolute atomic E-state index is 0.0231. The van der Waals surface area contributed by atoms with E-state index in [2.05, 4.69) is 0 Å². The molecular weight excluding hydrogens is 410 g/mol. The van der Waals surface area contributed by atoms with Crippen molar-refractivity contribution in [1.29, 1.82) is 0 Å². The second-order valence-corrected chi connectivity index (χ2v) is 9.28. The molecule has 9 heteroatoms. The van der Waals surface area contributed by atoms with E-state index in [9.17, 15) is 13.2 Å². The van der Waals surface area contributed by atoms with Crippen LogP contribution in [0.3, 0.4) is 0 Å². The summed E-state index contributed by atoms with van der Waals surface area (Å²) in [6, 6.07) is 16.6. The molecule has 1 fully saturated rings. The van der Waals surface area contributed by atoms with Crippen molar-refractivity contribution in [3.8, 4) is 11.5 Å². The van der Waals surface area contributed by atoms with E-state index >= 15 is 0 Å². The number of hydrogen-bond donors (Lipinski definition) is 1. The molecule has 1 amide bonds. The molecule has 3 rings (SSSR count). The summed E-state index contributed by atoms with van der Waals surface area (Å²) in [6.45, 7) is 3.33. The predicted molar refractivity (Wildman–Crippen MR) is 109 cm³/mol. The van der Waals surface area contributed by atoms with E-state index in [0.29, 0.717) is 12.4 Å². The molecule has 30 heavy (non-hydrogen) atoms. The minimum Gasteiger partial charge on any atom is -0.489 e. The van der Waals surface area contributed by atoms with E-state index in [1.54, 1.807) is 12.1 Å². The second kappa shape index (κ2) is 9.46. The average molecular weight is 435 g/mol. The highest BCUT2D eigenvalue weighted by molar-refractivity contribution is 7.87. The number of amides is 1. The van der Waals surface area contributed by atoms with E-state index in [0.717, 1.165) is 11.3 Å². The largest absolute Gasteiger partial charge is 0.489 e. The fraction of sp³-hybridized carbons (Fsp3) is 0.381. The van der Waals surface area contributed by atoms with Gasteiger partial charge in [-0.2, -0.15) is 8.42 Å². The summed E-state index contributed by atoms with van der Waals surface area (Å²) in [5.41, 5.74) is 6.26. The van der Waals surface area contributed by atoms with Crippen LogP contribution in [0.25, 0.3) is 0 Å². The maximum Gasteiger partial charge on any atom is 0.270 e. The van der Waals surface area contributed by atoms with Crippen molar-refractivity contribution >= 4 is 16.0 Å². The summed E-state index contributed by atoms with van der Waals surface area (Å²) < 4.78 is 46.5. The lowest BCUT2D eigenvalue weighted by Gasteiger charge is -2.23. The van der Waals surface area contributed by atoms with Crippen molar-refractivity contribution in [3.63, 3.8) is 0 Å². The zero-order chi connectivity index (χ0) is 21.7. The van der Waals surface area contributed by atoms with Gasteiger partial charge in [-0.05, 0) is 43.7 Å². The van der Waals surface area contributed by atoms with Crippen LogP contribution in [-0.2, 0) is 30.4 Å². The van der Waals surface area contributed by atoms with E-state index < -0.39 is 39.6 Å². The molecule has 1 heterocycles. The van der Waals surface area contributed by atoms with Crippen molar-refractivity contribution in [1.82, 2.24) is 0 Å². The van der Waals surface area contributed by atoms with Gasteiger partial charge in [0, 0.05) is 0 Å². The first-order chi connectivity index (χ1) is 14.3. The zero-order valence-corrected chi connectivity index (χ0v) is 17.6. The number of nitrogens with two attached hydrogens (primary N) is 1. The van der Waals surface area contributed by atoms with Gasteiger partial charge in [-0.1, -0.05) is 30.3 Å². The van der Waals surface area contributed by atoms with Crippen LogP contribution >= 0.6 is 0 Å². The SMILES string of the molecule is CC(C)S(=O)(=O)OC1C(Oc2ccc(COc3ccccc3)cc2)COC1C(N)=O. The van der Waals surface area contributed by atoms with Crippen LogP contribution < -0.4 is 15.2 Å². The summed E-state index contributed by atoms with van der Waals surface area (Å²) in [7, 11) is -3.90. The van der Waals surface area contributed by atoms with Gasteiger partial charge in [0.25, 0.3) is 10.1 Å². The van der Waals surface area contributed by atoms with Gasteiger partial charge >= 0.3 is 0 Å². The molecule has 0 radical (unpaired) electrons. The third-order valence-electron chi connectivity index (χ3n) is 4.57. The Morgan fingerprint density at radius 3 is 2.37 bits per heavy atom. The molecule has 162 valence electrons. The minimum atomic E-state index is -3.90. The van der Waals surface area contributed by atoms with Crippen molar-refractivity contribution < 1.29 is 31.6 Å². The molecule has 1 aliphatic rings. The molecule has 0 aliphatic carbocycles. The van der Waals surface area contributed by atoms with Crippen LogP contribution in [0, 0.1) is 0 Å². The molecule has 2 aromatic rings. The van der Waals surface area contributed by atoms with Crippen molar-refractivity contribution in [2.75, 3.05) is 6.61 Å². The number of hydrogen-bond acceptors (Lipinski definition) is 7. The van der Waals surface area contributed by atoms with Gasteiger partial charge < -0.3 is 19.9 Å². The Balaban J connectivity index is 1.65. The van der Waals surface area contributed by atoms with Crippen molar-refractivity contribution in [3.05, 3.63) is 60.2 Å². The average Bonchev–Trinajstić information content (AvgIpc) is 3.10. The number of carbonyl (C=O) groups is 1. The molecule has 3 atom stereocenters. The van der Waals surface area contributed by atoms with Gasteiger partial charge in [0.05, 0.1) is 11.9 Å². The molecule has 2 N–H and O–H groups in total. The number of ether oxygens (including phenoxy) is 3. The standard InChI is InChI=1S/C21H25NO7S/c1-14(2)30(24,25)29-19-18(13-27-20(19)21(22)23)28-17-10-8-15(9-11-17)12-26-16-6-4-3-5-7-16/h3-11,14,18-20H,12-13H2,1-2H3,(H2,22,23). The first kappa shape index (κ1) is 22.1. The zero-order valence-electron chi connectivity index (χ0n) is 16.8. The molecule has 0 bridgehead atoms. The van der Waals surface area contributed by atoms with Gasteiger partial charge in [-0.25, -0.2) is 0 Å². The number of benzene rings is 2. The maximum absolute atomic E-state index is 12.2. The van der Waals surface area contributed by atoms with Crippen molar-refractivity contribution in [2.45, 2.75) is 44.0 Å². The Kier molecular flexibility index (Phi) is 6.96. The number of para-hydroxylation sites is 1. The molecule has 1 saturated heterocycles. The van der Waals surface area contributed by atoms with Crippen LogP contribution in [0.2, 0.25) is 0 Å². The van der Waals surface area contributed by atoms with Crippen LogP contribution in [0.5, 0.6) is 11.5 Å². The monoisotopic (exact) mass is 435 g/mol. The highest BCUT2D eigenvalue weighted by Crippen LogP contribution is 2.26. The van der Waals surface area contributed by atoms with Crippen molar-refractivity contribution in [2.24, 2.45) is 5.73 Å².